The Kier molecular flexibility index (Phi) is 5.74. The van der Waals surface area contributed by atoms with Gasteiger partial charge in [0.15, 0.2) is 17.6 Å². The summed E-state index contributed by atoms with van der Waals surface area (Å²) in [5.41, 5.74) is 0.510. The maximum absolute atomic E-state index is 13.6. The molecule has 2 aliphatic heterocycles. The first-order valence-electron chi connectivity index (χ1n) is 12.3. The van der Waals surface area contributed by atoms with E-state index in [0.717, 1.165) is 0 Å². The Morgan fingerprint density at radius 3 is 2.51 bits per heavy atom. The number of anilines is 1. The number of para-hydroxylation sites is 2. The molecule has 1 saturated carbocycles. The molecule has 6 rings (SSSR count). The van der Waals surface area contributed by atoms with Crippen molar-refractivity contribution in [2.24, 2.45) is 0 Å². The van der Waals surface area contributed by atoms with E-state index in [1.165, 1.54) is 25.3 Å². The molecule has 3 N–H and O–H groups in total. The first kappa shape index (κ1) is 24.8. The second-order valence-electron chi connectivity index (χ2n) is 9.69. The fourth-order valence-electron chi connectivity index (χ4n) is 4.98. The van der Waals surface area contributed by atoms with Crippen molar-refractivity contribution >= 4 is 17.5 Å². The maximum Gasteiger partial charge on any atom is 0.586 e. The number of halogens is 2. The van der Waals surface area contributed by atoms with Gasteiger partial charge in [-0.1, -0.05) is 18.2 Å². The Labute approximate surface area is 221 Å². The number of fused-ring (bicyclic) bond motifs is 2. The minimum atomic E-state index is -3.75. The van der Waals surface area contributed by atoms with E-state index >= 15 is 0 Å². The van der Waals surface area contributed by atoms with Crippen molar-refractivity contribution in [3.8, 4) is 28.7 Å². The topological polar surface area (TPSA) is 115 Å². The Balaban J connectivity index is 1.25. The minimum Gasteiger partial charge on any atom is -0.506 e. The van der Waals surface area contributed by atoms with E-state index in [0.29, 0.717) is 35.5 Å². The number of nitrogens with one attached hydrogen (secondary N) is 2. The monoisotopic (exact) mass is 538 g/mol. The van der Waals surface area contributed by atoms with Crippen LogP contribution in [-0.2, 0) is 15.0 Å². The summed E-state index contributed by atoms with van der Waals surface area (Å²) in [5.74, 6) is -0.226. The zero-order valence-corrected chi connectivity index (χ0v) is 20.7. The number of alkyl halides is 2. The number of phenolic OH excluding ortho intramolecular Hbond substituents is 1. The number of benzene rings is 3. The molecular weight excluding hydrogens is 514 g/mol. The molecule has 2 unspecified atom stereocenters. The van der Waals surface area contributed by atoms with Crippen molar-refractivity contribution in [3.05, 3.63) is 71.8 Å². The van der Waals surface area contributed by atoms with Crippen molar-refractivity contribution in [2.45, 2.75) is 43.1 Å². The van der Waals surface area contributed by atoms with Crippen LogP contribution in [0.15, 0.2) is 60.7 Å². The number of rotatable bonds is 6. The molecule has 2 heterocycles. The Hall–Kier alpha value is -4.54. The maximum atomic E-state index is 13.6. The lowest BCUT2D eigenvalue weighted by Gasteiger charge is -2.33. The number of hydrogen-bond donors (Lipinski definition) is 3. The van der Waals surface area contributed by atoms with Crippen LogP contribution in [-0.4, -0.2) is 36.4 Å². The van der Waals surface area contributed by atoms with Gasteiger partial charge in [0, 0.05) is 18.1 Å². The van der Waals surface area contributed by atoms with Gasteiger partial charge in [0.05, 0.1) is 24.3 Å². The van der Waals surface area contributed by atoms with Crippen molar-refractivity contribution in [3.63, 3.8) is 0 Å². The van der Waals surface area contributed by atoms with Gasteiger partial charge < -0.3 is 34.7 Å². The molecule has 202 valence electrons. The first-order valence-corrected chi connectivity index (χ1v) is 12.3. The quantitative estimate of drug-likeness (QED) is 0.399. The molecule has 3 aliphatic rings. The van der Waals surface area contributed by atoms with Crippen molar-refractivity contribution in [2.75, 3.05) is 12.4 Å². The lowest BCUT2D eigenvalue weighted by Crippen LogP contribution is -2.44. The average Bonchev–Trinajstić information content (AvgIpc) is 3.66. The van der Waals surface area contributed by atoms with Crippen LogP contribution >= 0.6 is 0 Å². The minimum absolute atomic E-state index is 0.0919. The van der Waals surface area contributed by atoms with E-state index < -0.39 is 29.8 Å². The van der Waals surface area contributed by atoms with Crippen LogP contribution < -0.4 is 29.6 Å². The molecule has 2 atom stereocenters. The third-order valence-electron chi connectivity index (χ3n) is 7.21. The standard InChI is InChI=1S/C28H24F2N2O7/c1-36-16-7-8-17-19(14-24(37-22(17)13-16)25(34)31-18-4-2-3-5-20(18)33)32-26(35)27(10-11-27)15-6-9-21-23(12-15)39-28(29,30)38-21/h2-9,12-13,19,24,33H,10-11,14H2,1H3,(H,31,34)(H,32,35). The molecule has 0 bridgehead atoms. The molecule has 39 heavy (non-hydrogen) atoms. The lowest BCUT2D eigenvalue weighted by atomic mass is 9.91. The van der Waals surface area contributed by atoms with E-state index in [2.05, 4.69) is 20.1 Å². The molecule has 3 aromatic carbocycles. The predicted molar refractivity (Wildman–Crippen MR) is 133 cm³/mol. The van der Waals surface area contributed by atoms with Crippen molar-refractivity contribution < 1.29 is 42.4 Å². The Morgan fingerprint density at radius 2 is 1.77 bits per heavy atom. The molecule has 1 fully saturated rings. The number of methoxy groups -OCH3 is 1. The number of ether oxygens (including phenoxy) is 4. The molecule has 1 aliphatic carbocycles. The highest BCUT2D eigenvalue weighted by Crippen LogP contribution is 2.52. The summed E-state index contributed by atoms with van der Waals surface area (Å²) in [4.78, 5) is 26.8. The largest absolute Gasteiger partial charge is 0.586 e. The van der Waals surface area contributed by atoms with E-state index in [1.54, 1.807) is 42.5 Å². The zero-order chi connectivity index (χ0) is 27.4. The summed E-state index contributed by atoms with van der Waals surface area (Å²) in [7, 11) is 1.50. The van der Waals surface area contributed by atoms with Gasteiger partial charge >= 0.3 is 6.29 Å². The van der Waals surface area contributed by atoms with E-state index in [4.69, 9.17) is 9.47 Å². The summed E-state index contributed by atoms with van der Waals surface area (Å²) in [6.07, 6.45) is -3.58. The van der Waals surface area contributed by atoms with Crippen LogP contribution in [0.4, 0.5) is 14.5 Å². The summed E-state index contributed by atoms with van der Waals surface area (Å²) >= 11 is 0. The lowest BCUT2D eigenvalue weighted by molar-refractivity contribution is -0.286. The molecule has 0 spiro atoms. The summed E-state index contributed by atoms with van der Waals surface area (Å²) in [6, 6.07) is 15.2. The molecule has 3 aromatic rings. The third-order valence-corrected chi connectivity index (χ3v) is 7.21. The molecule has 11 heteroatoms. The molecule has 0 aromatic heterocycles. The van der Waals surface area contributed by atoms with Crippen LogP contribution in [0.1, 0.15) is 36.4 Å². The fourth-order valence-corrected chi connectivity index (χ4v) is 4.98. The van der Waals surface area contributed by atoms with Gasteiger partial charge in [0.1, 0.15) is 17.2 Å². The Bertz CT molecular complexity index is 1470. The number of phenols is 1. The Morgan fingerprint density at radius 1 is 1.00 bits per heavy atom. The summed E-state index contributed by atoms with van der Waals surface area (Å²) in [6.45, 7) is 0. The summed E-state index contributed by atoms with van der Waals surface area (Å²) < 4.78 is 47.4. The third kappa shape index (κ3) is 4.53. The SMILES string of the molecule is COc1ccc2c(c1)OC(C(=O)Nc1ccccc1O)CC2NC(=O)C1(c2ccc3c(c2)OC(F)(F)O3)CC1. The average molecular weight is 539 g/mol. The van der Waals surface area contributed by atoms with Crippen LogP contribution in [0, 0.1) is 0 Å². The number of amides is 2. The highest BCUT2D eigenvalue weighted by molar-refractivity contribution is 5.96. The van der Waals surface area contributed by atoms with Gasteiger partial charge in [-0.25, -0.2) is 0 Å². The highest BCUT2D eigenvalue weighted by atomic mass is 19.3. The first-order chi connectivity index (χ1) is 18.7. The predicted octanol–water partition coefficient (Wildman–Crippen LogP) is 4.40. The highest BCUT2D eigenvalue weighted by Gasteiger charge is 2.53. The van der Waals surface area contributed by atoms with Gasteiger partial charge in [-0.2, -0.15) is 0 Å². The number of aromatic hydroxyl groups is 1. The fraction of sp³-hybridized carbons (Fsp3) is 0.286. The van der Waals surface area contributed by atoms with Crippen molar-refractivity contribution in [1.82, 2.24) is 5.32 Å². The second kappa shape index (κ2) is 9.04. The van der Waals surface area contributed by atoms with E-state index in [1.807, 2.05) is 0 Å². The van der Waals surface area contributed by atoms with Gasteiger partial charge in [-0.05, 0) is 54.8 Å². The van der Waals surface area contributed by atoms with Crippen LogP contribution in [0.25, 0.3) is 0 Å². The van der Waals surface area contributed by atoms with Gasteiger partial charge in [0.2, 0.25) is 5.91 Å². The van der Waals surface area contributed by atoms with Gasteiger partial charge in [-0.15, -0.1) is 8.78 Å². The molecule has 0 radical (unpaired) electrons. The number of carbonyl (C=O) groups is 2. The van der Waals surface area contributed by atoms with Gasteiger partial charge in [-0.3, -0.25) is 9.59 Å². The zero-order valence-electron chi connectivity index (χ0n) is 20.7. The normalized spacial score (nSPS) is 21.2. The van der Waals surface area contributed by atoms with Crippen LogP contribution in [0.5, 0.6) is 28.7 Å². The van der Waals surface area contributed by atoms with Crippen LogP contribution in [0.3, 0.4) is 0 Å². The molecule has 2 amide bonds. The van der Waals surface area contributed by atoms with Crippen molar-refractivity contribution in [1.29, 1.82) is 0 Å². The van der Waals surface area contributed by atoms with Crippen LogP contribution in [0.2, 0.25) is 0 Å². The smallest absolute Gasteiger partial charge is 0.506 e. The van der Waals surface area contributed by atoms with E-state index in [9.17, 15) is 23.5 Å². The molecule has 0 saturated heterocycles. The summed E-state index contributed by atoms with van der Waals surface area (Å²) in [5, 5.41) is 15.8. The van der Waals surface area contributed by atoms with E-state index in [-0.39, 0.29) is 35.3 Å². The molecular formula is C28H24F2N2O7. The number of carbonyl (C=O) groups excluding carboxylic acids is 2. The van der Waals surface area contributed by atoms with Gasteiger partial charge in [0.25, 0.3) is 5.91 Å². The number of hydrogen-bond acceptors (Lipinski definition) is 7. The second-order valence-corrected chi connectivity index (χ2v) is 9.69. The molecule has 9 nitrogen and oxygen atoms in total.